The number of phenolic OH excluding ortho intramolecular Hbond substituents is 1. The molecular weight excluding hydrogens is 277 g/mol. The van der Waals surface area contributed by atoms with Crippen molar-refractivity contribution in [2.45, 2.75) is 0 Å². The van der Waals surface area contributed by atoms with Crippen molar-refractivity contribution in [1.29, 1.82) is 0 Å². The quantitative estimate of drug-likeness (QED) is 0.291. The number of hydrogen-bond acceptors (Lipinski definition) is 4. The van der Waals surface area contributed by atoms with Crippen molar-refractivity contribution in [3.8, 4) is 5.75 Å². The average molecular weight is 296 g/mol. The van der Waals surface area contributed by atoms with Gasteiger partial charge in [0.2, 0.25) is 0 Å². The number of nitrogens with zero attached hydrogens (tertiary/aromatic N) is 1. The molecule has 1 rings (SSSR count). The number of esters is 1. The maximum Gasteiger partial charge on any atom is 0.342 e. The van der Waals surface area contributed by atoms with E-state index in [1.807, 2.05) is 21.1 Å². The number of likely N-dealkylation sites (N-methyl/N-ethyl adjacent to an activating group) is 1. The molecule has 0 heterocycles. The summed E-state index contributed by atoms with van der Waals surface area (Å²) in [6.07, 6.45) is 0. The van der Waals surface area contributed by atoms with Gasteiger partial charge in [-0.25, -0.2) is 4.79 Å². The molecule has 6 heteroatoms. The summed E-state index contributed by atoms with van der Waals surface area (Å²) in [6.45, 7) is 1.08. The molecule has 18 heavy (non-hydrogen) atoms. The second-order valence-electron chi connectivity index (χ2n) is 4.67. The number of hydrogen-bond donors (Lipinski definition) is 1. The number of thiol groups is 1. The van der Waals surface area contributed by atoms with Crippen LogP contribution in [0.25, 0.3) is 0 Å². The fraction of sp³-hybridized carbons (Fsp3) is 0.417. The Labute approximate surface area is 158 Å². The number of phenols is 1. The van der Waals surface area contributed by atoms with Crippen LogP contribution in [0.4, 0.5) is 0 Å². The van der Waals surface area contributed by atoms with E-state index in [0.29, 0.717) is 6.61 Å². The molecule has 0 spiro atoms. The first-order valence-corrected chi connectivity index (χ1v) is 5.16. The van der Waals surface area contributed by atoms with Gasteiger partial charge in [0.25, 0.3) is 0 Å². The molecule has 4 nitrogen and oxygen atoms in total. The van der Waals surface area contributed by atoms with Crippen LogP contribution >= 0.6 is 0 Å². The van der Waals surface area contributed by atoms with E-state index < -0.39 is 5.97 Å². The van der Waals surface area contributed by atoms with Gasteiger partial charge in [0.1, 0.15) is 24.5 Å². The Kier molecular flexibility index (Phi) is 10.8. The summed E-state index contributed by atoms with van der Waals surface area (Å²) >= 11 is 0. The molecule has 0 aliphatic rings. The van der Waals surface area contributed by atoms with Gasteiger partial charge in [0.05, 0.1) is 21.1 Å². The number of quaternary nitrogens is 1. The van der Waals surface area contributed by atoms with Gasteiger partial charge in [-0.3, -0.25) is 0 Å². The molecule has 0 aliphatic heterocycles. The van der Waals surface area contributed by atoms with E-state index >= 15 is 0 Å². The molecule has 1 radical (unpaired) electrons. The summed E-state index contributed by atoms with van der Waals surface area (Å²) in [4.78, 5) is 11.6. The van der Waals surface area contributed by atoms with Crippen LogP contribution in [0.5, 0.6) is 5.75 Å². The largest absolute Gasteiger partial charge is 0.813 e. The van der Waals surface area contributed by atoms with Gasteiger partial charge in [0, 0.05) is 51.4 Å². The van der Waals surface area contributed by atoms with Crippen molar-refractivity contribution in [3.05, 3.63) is 29.8 Å². The first-order chi connectivity index (χ1) is 7.40. The van der Waals surface area contributed by atoms with E-state index in [-0.39, 0.29) is 76.2 Å². The summed E-state index contributed by atoms with van der Waals surface area (Å²) in [6, 6.07) is 6.37. The fourth-order valence-corrected chi connectivity index (χ4v) is 1.14. The maximum atomic E-state index is 11.6. The molecule has 1 N–H and O–H groups in total. The third kappa shape index (κ3) is 7.78. The third-order valence-electron chi connectivity index (χ3n) is 2.12. The molecule has 0 saturated heterocycles. The van der Waals surface area contributed by atoms with Crippen LogP contribution in [0.1, 0.15) is 10.4 Å². The van der Waals surface area contributed by atoms with Crippen molar-refractivity contribution < 1.29 is 19.1 Å². The number of ether oxygens (including phenoxy) is 1. The fourth-order valence-electron chi connectivity index (χ4n) is 1.14. The Hall–Kier alpha value is 0.436. The van der Waals surface area contributed by atoms with Gasteiger partial charge in [0.15, 0.2) is 0 Å². The summed E-state index contributed by atoms with van der Waals surface area (Å²) in [5, 5.41) is 9.44. The first-order valence-electron chi connectivity index (χ1n) is 5.16. The van der Waals surface area contributed by atoms with Crippen LogP contribution in [-0.2, 0) is 18.2 Å². The SMILES string of the molecule is C[N+](C)(C)CCOC(=O)c1ccccc1O.[K].[SH-]. The van der Waals surface area contributed by atoms with Gasteiger partial charge < -0.3 is 27.8 Å². The van der Waals surface area contributed by atoms with Crippen LogP contribution in [0.15, 0.2) is 24.3 Å². The van der Waals surface area contributed by atoms with Crippen LogP contribution < -0.4 is 0 Å². The molecule has 0 saturated carbocycles. The standard InChI is InChI=1S/C12H17NO3.K.H2S/c1-13(2,3)8-9-16-12(15)10-6-4-5-7-11(10)14;;/h4-7H,8-9H2,1-3H3;;1H2. The Morgan fingerprint density at radius 1 is 1.28 bits per heavy atom. The predicted octanol–water partition coefficient (Wildman–Crippen LogP) is 0.604. The predicted molar refractivity (Wildman–Crippen MR) is 75.8 cm³/mol. The summed E-state index contributed by atoms with van der Waals surface area (Å²) in [5.74, 6) is -0.524. The summed E-state index contributed by atoms with van der Waals surface area (Å²) < 4.78 is 5.80. The van der Waals surface area contributed by atoms with E-state index in [0.717, 1.165) is 11.0 Å². The average Bonchev–Trinajstić information content (AvgIpc) is 2.16. The van der Waals surface area contributed by atoms with E-state index in [1.54, 1.807) is 18.2 Å². The second-order valence-corrected chi connectivity index (χ2v) is 4.67. The molecule has 1 aromatic rings. The van der Waals surface area contributed by atoms with Gasteiger partial charge in [-0.1, -0.05) is 12.1 Å². The molecule has 97 valence electrons. The zero-order chi connectivity index (χ0) is 12.2. The monoisotopic (exact) mass is 296 g/mol. The Morgan fingerprint density at radius 3 is 2.33 bits per heavy atom. The number of para-hydroxylation sites is 1. The molecule has 0 amide bonds. The number of carbonyl (C=O) groups is 1. The molecule has 0 unspecified atom stereocenters. The minimum Gasteiger partial charge on any atom is -0.813 e. The van der Waals surface area contributed by atoms with Crippen molar-refractivity contribution in [3.63, 3.8) is 0 Å². The zero-order valence-corrected chi connectivity index (χ0v) is 15.4. The maximum absolute atomic E-state index is 11.6. The number of carbonyl (C=O) groups excluding carboxylic acids is 1. The van der Waals surface area contributed by atoms with Crippen LogP contribution in [-0.4, -0.2) is 101 Å². The molecule has 0 bridgehead atoms. The van der Waals surface area contributed by atoms with Crippen LogP contribution in [0, 0.1) is 0 Å². The van der Waals surface area contributed by atoms with Gasteiger partial charge in [-0.2, -0.15) is 0 Å². The van der Waals surface area contributed by atoms with Crippen molar-refractivity contribution >= 4 is 70.8 Å². The third-order valence-corrected chi connectivity index (χ3v) is 2.12. The summed E-state index contributed by atoms with van der Waals surface area (Å²) in [7, 11) is 6.06. The molecule has 0 atom stereocenters. The molecular formula is C12H19KNO3S. The second kappa shape index (κ2) is 9.36. The molecule has 0 fully saturated rings. The summed E-state index contributed by atoms with van der Waals surface area (Å²) in [5.41, 5.74) is 0.212. The minimum atomic E-state index is -0.480. The zero-order valence-electron chi connectivity index (χ0n) is 11.4. The van der Waals surface area contributed by atoms with Crippen molar-refractivity contribution in [2.24, 2.45) is 0 Å². The smallest absolute Gasteiger partial charge is 0.342 e. The number of benzene rings is 1. The van der Waals surface area contributed by atoms with E-state index in [9.17, 15) is 9.90 Å². The molecule has 0 aromatic heterocycles. The first kappa shape index (κ1) is 20.7. The minimum absolute atomic E-state index is 0. The Morgan fingerprint density at radius 2 is 1.83 bits per heavy atom. The normalized spacial score (nSPS) is 9.94. The molecule has 1 aromatic carbocycles. The topological polar surface area (TPSA) is 46.5 Å². The van der Waals surface area contributed by atoms with Crippen molar-refractivity contribution in [2.75, 3.05) is 34.3 Å². The van der Waals surface area contributed by atoms with Crippen LogP contribution in [0.2, 0.25) is 0 Å². The van der Waals surface area contributed by atoms with Gasteiger partial charge >= 0.3 is 5.97 Å². The Bertz CT molecular complexity index is 380. The molecule has 0 aliphatic carbocycles. The Balaban J connectivity index is 0. The van der Waals surface area contributed by atoms with E-state index in [4.69, 9.17) is 4.74 Å². The van der Waals surface area contributed by atoms with Crippen molar-refractivity contribution in [1.82, 2.24) is 0 Å². The van der Waals surface area contributed by atoms with Crippen LogP contribution in [0.3, 0.4) is 0 Å². The van der Waals surface area contributed by atoms with Gasteiger partial charge in [-0.05, 0) is 12.1 Å². The van der Waals surface area contributed by atoms with Gasteiger partial charge in [-0.15, -0.1) is 0 Å². The van der Waals surface area contributed by atoms with E-state index in [2.05, 4.69) is 0 Å². The van der Waals surface area contributed by atoms with E-state index in [1.165, 1.54) is 6.07 Å². The number of rotatable bonds is 4. The number of aromatic hydroxyl groups is 1.